The molecule has 64 valence electrons. The molecule has 0 aliphatic carbocycles. The van der Waals surface area contributed by atoms with E-state index >= 15 is 0 Å². The Morgan fingerprint density at radius 1 is 1.67 bits per heavy atom. The van der Waals surface area contributed by atoms with Crippen LogP contribution in [0.15, 0.2) is 18.3 Å². The molecule has 12 heavy (non-hydrogen) atoms. The lowest BCUT2D eigenvalue weighted by Crippen LogP contribution is -2.18. The average Bonchev–Trinajstić information content (AvgIpc) is 2.06. The van der Waals surface area contributed by atoms with Crippen LogP contribution in [0.3, 0.4) is 0 Å². The lowest BCUT2D eigenvalue weighted by molar-refractivity contribution is 0.0993. The Morgan fingerprint density at radius 2 is 2.42 bits per heavy atom. The fourth-order valence-corrected chi connectivity index (χ4v) is 0.803. The van der Waals surface area contributed by atoms with E-state index < -0.39 is 5.95 Å². The van der Waals surface area contributed by atoms with Gasteiger partial charge < -0.3 is 5.32 Å². The predicted octanol–water partition coefficient (Wildman–Crippen LogP) is 0.623. The Hall–Kier alpha value is -1.29. The molecule has 1 aromatic heterocycles. The van der Waals surface area contributed by atoms with E-state index in [1.165, 1.54) is 18.3 Å². The molecule has 0 aromatic carbocycles. The van der Waals surface area contributed by atoms with Crippen LogP contribution in [-0.2, 0) is 0 Å². The van der Waals surface area contributed by atoms with Gasteiger partial charge in [-0.1, -0.05) is 0 Å². The summed E-state index contributed by atoms with van der Waals surface area (Å²) in [7, 11) is 1.68. The Labute approximate surface area is 69.6 Å². The summed E-state index contributed by atoms with van der Waals surface area (Å²) in [5.41, 5.74) is 0.422. The highest BCUT2D eigenvalue weighted by molar-refractivity contribution is 5.97. The lowest BCUT2D eigenvalue weighted by atomic mass is 10.2. The normalized spacial score (nSPS) is 9.83. The largest absolute Gasteiger partial charge is 0.313 e. The molecule has 0 unspecified atom stereocenters. The van der Waals surface area contributed by atoms with Crippen molar-refractivity contribution in [1.82, 2.24) is 10.3 Å². The number of rotatable bonds is 3. The molecule has 0 saturated carbocycles. The molecule has 0 bridgehead atoms. The van der Waals surface area contributed by atoms with Crippen molar-refractivity contribution in [2.75, 3.05) is 13.6 Å². The molecule has 0 fully saturated rings. The van der Waals surface area contributed by atoms with E-state index in [0.717, 1.165) is 0 Å². The molecule has 0 saturated heterocycles. The van der Waals surface area contributed by atoms with Crippen molar-refractivity contribution < 1.29 is 9.18 Å². The zero-order chi connectivity index (χ0) is 8.97. The summed E-state index contributed by atoms with van der Waals surface area (Å²) in [6.07, 6.45) is 1.23. The van der Waals surface area contributed by atoms with E-state index in [-0.39, 0.29) is 12.3 Å². The van der Waals surface area contributed by atoms with E-state index in [9.17, 15) is 9.18 Å². The third-order valence-corrected chi connectivity index (χ3v) is 1.39. The summed E-state index contributed by atoms with van der Waals surface area (Å²) in [6.45, 7) is 0.243. The topological polar surface area (TPSA) is 42.0 Å². The van der Waals surface area contributed by atoms with Crippen molar-refractivity contribution >= 4 is 5.78 Å². The zero-order valence-electron chi connectivity index (χ0n) is 6.67. The lowest BCUT2D eigenvalue weighted by Gasteiger charge is -1.97. The fraction of sp³-hybridized carbons (Fsp3) is 0.250. The van der Waals surface area contributed by atoms with Gasteiger partial charge in [0.15, 0.2) is 5.78 Å². The van der Waals surface area contributed by atoms with Gasteiger partial charge in [0, 0.05) is 11.8 Å². The monoisotopic (exact) mass is 168 g/mol. The van der Waals surface area contributed by atoms with Gasteiger partial charge in [-0.15, -0.1) is 0 Å². The predicted molar refractivity (Wildman–Crippen MR) is 42.5 cm³/mol. The van der Waals surface area contributed by atoms with E-state index in [2.05, 4.69) is 10.3 Å². The molecule has 0 atom stereocenters. The molecule has 1 aromatic rings. The molecule has 4 heteroatoms. The van der Waals surface area contributed by atoms with Gasteiger partial charge in [-0.3, -0.25) is 4.79 Å². The third-order valence-electron chi connectivity index (χ3n) is 1.39. The maximum Gasteiger partial charge on any atom is 0.212 e. The quantitative estimate of drug-likeness (QED) is 0.531. The first kappa shape index (κ1) is 8.80. The number of carbonyl (C=O) groups is 1. The Kier molecular flexibility index (Phi) is 2.88. The van der Waals surface area contributed by atoms with Crippen molar-refractivity contribution in [1.29, 1.82) is 0 Å². The number of likely N-dealkylation sites (N-methyl/N-ethyl adjacent to an activating group) is 1. The van der Waals surface area contributed by atoms with Crippen LogP contribution in [0.2, 0.25) is 0 Å². The van der Waals surface area contributed by atoms with Crippen molar-refractivity contribution in [3.63, 3.8) is 0 Å². The number of aromatic nitrogens is 1. The minimum Gasteiger partial charge on any atom is -0.313 e. The summed E-state index contributed by atoms with van der Waals surface area (Å²) in [5.74, 6) is -0.666. The van der Waals surface area contributed by atoms with Crippen LogP contribution in [0.5, 0.6) is 0 Å². The molecule has 3 nitrogen and oxygen atoms in total. The first-order valence-electron chi connectivity index (χ1n) is 3.53. The molecule has 0 aliphatic heterocycles. The number of carbonyl (C=O) groups excluding carboxylic acids is 1. The van der Waals surface area contributed by atoms with E-state index in [4.69, 9.17) is 0 Å². The highest BCUT2D eigenvalue weighted by atomic mass is 19.1. The molecule has 0 radical (unpaired) electrons. The molecule has 0 amide bonds. The number of pyridine rings is 1. The first-order chi connectivity index (χ1) is 5.74. The van der Waals surface area contributed by atoms with Crippen molar-refractivity contribution in [2.24, 2.45) is 0 Å². The van der Waals surface area contributed by atoms with Gasteiger partial charge in [0.1, 0.15) is 0 Å². The fourth-order valence-electron chi connectivity index (χ4n) is 0.803. The van der Waals surface area contributed by atoms with Gasteiger partial charge in [-0.2, -0.15) is 4.39 Å². The molecule has 0 aliphatic rings. The minimum absolute atomic E-state index is 0.0926. The van der Waals surface area contributed by atoms with Crippen LogP contribution in [0.25, 0.3) is 0 Å². The molecule has 0 spiro atoms. The second-order valence-electron chi connectivity index (χ2n) is 2.32. The van der Waals surface area contributed by atoms with Crippen LogP contribution >= 0.6 is 0 Å². The number of hydrogen-bond donors (Lipinski definition) is 1. The van der Waals surface area contributed by atoms with Gasteiger partial charge in [-0.25, -0.2) is 4.98 Å². The number of nitrogens with zero attached hydrogens (tertiary/aromatic N) is 1. The molecular weight excluding hydrogens is 159 g/mol. The van der Waals surface area contributed by atoms with Crippen LogP contribution in [-0.4, -0.2) is 24.4 Å². The van der Waals surface area contributed by atoms with Crippen LogP contribution in [0, 0.1) is 5.95 Å². The van der Waals surface area contributed by atoms with Gasteiger partial charge in [-0.05, 0) is 19.2 Å². The van der Waals surface area contributed by atoms with Crippen LogP contribution < -0.4 is 5.32 Å². The van der Waals surface area contributed by atoms with E-state index in [1.54, 1.807) is 7.05 Å². The zero-order valence-corrected chi connectivity index (χ0v) is 6.67. The van der Waals surface area contributed by atoms with Crippen LogP contribution in [0.4, 0.5) is 4.39 Å². The minimum atomic E-state index is -0.573. The maximum absolute atomic E-state index is 12.3. The molecule has 1 heterocycles. The molecule has 1 N–H and O–H groups in total. The summed E-state index contributed by atoms with van der Waals surface area (Å²) in [5, 5.41) is 2.71. The highest BCUT2D eigenvalue weighted by Crippen LogP contribution is 1.99. The van der Waals surface area contributed by atoms with Crippen molar-refractivity contribution in [3.8, 4) is 0 Å². The Balaban J connectivity index is 2.75. The number of hydrogen-bond acceptors (Lipinski definition) is 3. The second kappa shape index (κ2) is 3.92. The van der Waals surface area contributed by atoms with E-state index in [1.807, 2.05) is 0 Å². The van der Waals surface area contributed by atoms with Gasteiger partial charge in [0.05, 0.1) is 6.54 Å². The number of halogens is 1. The van der Waals surface area contributed by atoms with Gasteiger partial charge in [0.25, 0.3) is 0 Å². The number of ketones is 1. The summed E-state index contributed by atoms with van der Waals surface area (Å²) < 4.78 is 12.3. The second-order valence-corrected chi connectivity index (χ2v) is 2.32. The maximum atomic E-state index is 12.3. The SMILES string of the molecule is CNCC(=O)c1ccc(F)nc1. The van der Waals surface area contributed by atoms with Gasteiger partial charge >= 0.3 is 0 Å². The molecule has 1 rings (SSSR count). The summed E-state index contributed by atoms with van der Waals surface area (Å²) in [6, 6.07) is 2.59. The van der Waals surface area contributed by atoms with Crippen molar-refractivity contribution in [2.45, 2.75) is 0 Å². The first-order valence-corrected chi connectivity index (χ1v) is 3.53. The van der Waals surface area contributed by atoms with Crippen LogP contribution in [0.1, 0.15) is 10.4 Å². The van der Waals surface area contributed by atoms with Gasteiger partial charge in [0.2, 0.25) is 5.95 Å². The Bertz CT molecular complexity index is 271. The Morgan fingerprint density at radius 3 is 2.92 bits per heavy atom. The smallest absolute Gasteiger partial charge is 0.212 e. The highest BCUT2D eigenvalue weighted by Gasteiger charge is 2.03. The number of Topliss-reactive ketones (excluding diaryl/α,β-unsaturated/α-hetero) is 1. The average molecular weight is 168 g/mol. The van der Waals surface area contributed by atoms with Crippen molar-refractivity contribution in [3.05, 3.63) is 29.8 Å². The van der Waals surface area contributed by atoms with E-state index in [0.29, 0.717) is 5.56 Å². The number of nitrogens with one attached hydrogen (secondary N) is 1. The standard InChI is InChI=1S/C8H9FN2O/c1-10-5-7(12)6-2-3-8(9)11-4-6/h2-4,10H,5H2,1H3. The molecular formula is C8H9FN2O. The summed E-state index contributed by atoms with van der Waals surface area (Å²) in [4.78, 5) is 14.5. The third kappa shape index (κ3) is 2.10. The summed E-state index contributed by atoms with van der Waals surface area (Å²) >= 11 is 0.